The maximum Gasteiger partial charge on any atom is 0.256 e. The van der Waals surface area contributed by atoms with Crippen LogP contribution in [-0.4, -0.2) is 38.7 Å². The van der Waals surface area contributed by atoms with E-state index < -0.39 is 0 Å². The average molecular weight is 401 g/mol. The molecule has 0 aliphatic heterocycles. The van der Waals surface area contributed by atoms with Crippen LogP contribution in [0.2, 0.25) is 5.02 Å². The van der Waals surface area contributed by atoms with E-state index in [4.69, 9.17) is 11.6 Å². The minimum Gasteiger partial charge on any atom is -0.339 e. The highest BCUT2D eigenvalue weighted by molar-refractivity contribution is 6.38. The van der Waals surface area contributed by atoms with Gasteiger partial charge in [-0.05, 0) is 44.0 Å². The number of hydrogen-bond donors (Lipinski definition) is 0. The van der Waals surface area contributed by atoms with Crippen molar-refractivity contribution in [1.29, 1.82) is 0 Å². The largest absolute Gasteiger partial charge is 0.339 e. The fraction of sp³-hybridized carbons (Fsp3) is 0.381. The first-order valence-electron chi connectivity index (χ1n) is 9.54. The molecule has 1 fully saturated rings. The van der Waals surface area contributed by atoms with Gasteiger partial charge >= 0.3 is 0 Å². The molecule has 1 aliphatic rings. The lowest BCUT2D eigenvalue weighted by Crippen LogP contribution is -2.38. The van der Waals surface area contributed by atoms with Crippen molar-refractivity contribution in [1.82, 2.24) is 19.7 Å². The van der Waals surface area contributed by atoms with E-state index >= 15 is 0 Å². The van der Waals surface area contributed by atoms with Gasteiger partial charge < -0.3 is 4.90 Å². The molecule has 146 valence electrons. The zero-order chi connectivity index (χ0) is 19.8. The number of carbonyl (C=O) groups excluding carboxylic acids is 1. The molecule has 0 saturated heterocycles. The van der Waals surface area contributed by atoms with Gasteiger partial charge in [-0.25, -0.2) is 14.1 Å². The Morgan fingerprint density at radius 2 is 1.89 bits per heavy atom. The van der Waals surface area contributed by atoms with E-state index in [0.717, 1.165) is 25.7 Å². The van der Waals surface area contributed by atoms with E-state index in [0.29, 0.717) is 33.0 Å². The highest BCUT2D eigenvalue weighted by Gasteiger charge is 2.26. The molecule has 1 saturated carbocycles. The van der Waals surface area contributed by atoms with Crippen molar-refractivity contribution in [2.75, 3.05) is 7.05 Å². The number of halogens is 2. The lowest BCUT2D eigenvalue weighted by molar-refractivity contribution is 0.0696. The Bertz CT molecular complexity index is 1030. The average Bonchev–Trinajstić information content (AvgIpc) is 3.06. The normalized spacial score (nSPS) is 15.1. The second-order valence-electron chi connectivity index (χ2n) is 7.37. The van der Waals surface area contributed by atoms with E-state index in [-0.39, 0.29) is 17.8 Å². The third-order valence-electron chi connectivity index (χ3n) is 5.55. The topological polar surface area (TPSA) is 51.0 Å². The van der Waals surface area contributed by atoms with Crippen LogP contribution in [0.25, 0.3) is 16.7 Å². The zero-order valence-corrected chi connectivity index (χ0v) is 16.7. The summed E-state index contributed by atoms with van der Waals surface area (Å²) in [7, 11) is 1.84. The number of fused-ring (bicyclic) bond motifs is 1. The summed E-state index contributed by atoms with van der Waals surface area (Å²) in [6.45, 7) is 1.83. The number of aromatic nitrogens is 3. The maximum atomic E-state index is 13.2. The van der Waals surface area contributed by atoms with E-state index in [1.54, 1.807) is 21.7 Å². The Hall–Kier alpha value is -2.47. The number of hydrogen-bond acceptors (Lipinski definition) is 3. The SMILES string of the molecule is Cc1nn(-c2ccc(F)cc2)c2ncc(C(=O)N(C)C3CCCCC3)c(Cl)c12. The van der Waals surface area contributed by atoms with Crippen molar-refractivity contribution < 1.29 is 9.18 Å². The Morgan fingerprint density at radius 3 is 2.57 bits per heavy atom. The van der Waals surface area contributed by atoms with Gasteiger partial charge in [0.2, 0.25) is 0 Å². The molecule has 5 nitrogen and oxygen atoms in total. The molecule has 1 aliphatic carbocycles. The van der Waals surface area contributed by atoms with Crippen molar-refractivity contribution in [3.05, 3.63) is 52.6 Å². The molecule has 0 atom stereocenters. The third-order valence-corrected chi connectivity index (χ3v) is 5.94. The molecule has 2 heterocycles. The summed E-state index contributed by atoms with van der Waals surface area (Å²) in [5, 5.41) is 5.52. The van der Waals surface area contributed by atoms with E-state index in [2.05, 4.69) is 10.1 Å². The Kier molecular flexibility index (Phi) is 5.06. The summed E-state index contributed by atoms with van der Waals surface area (Å²) in [6.07, 6.45) is 7.10. The van der Waals surface area contributed by atoms with Gasteiger partial charge in [-0.3, -0.25) is 4.79 Å². The first-order chi connectivity index (χ1) is 13.5. The summed E-state index contributed by atoms with van der Waals surface area (Å²) in [5.74, 6) is -0.429. The van der Waals surface area contributed by atoms with Crippen molar-refractivity contribution >= 4 is 28.5 Å². The van der Waals surface area contributed by atoms with Crippen LogP contribution < -0.4 is 0 Å². The molecule has 4 rings (SSSR count). The number of aryl methyl sites for hydroxylation is 1. The minimum absolute atomic E-state index is 0.111. The van der Waals surface area contributed by atoms with Gasteiger partial charge in [0, 0.05) is 19.3 Å². The lowest BCUT2D eigenvalue weighted by atomic mass is 9.94. The molecule has 0 spiro atoms. The number of rotatable bonds is 3. The van der Waals surface area contributed by atoms with Gasteiger partial charge in [0.05, 0.1) is 27.4 Å². The molecule has 28 heavy (non-hydrogen) atoms. The highest BCUT2D eigenvalue weighted by Crippen LogP contribution is 2.31. The van der Waals surface area contributed by atoms with Gasteiger partial charge in [-0.2, -0.15) is 5.10 Å². The predicted octanol–water partition coefficient (Wildman–Crippen LogP) is 4.93. The summed E-state index contributed by atoms with van der Waals surface area (Å²) < 4.78 is 14.9. The number of carbonyl (C=O) groups is 1. The molecule has 1 aromatic carbocycles. The standard InChI is InChI=1S/C21H22ClFN4O/c1-13-18-19(22)17(21(28)26(2)15-6-4-3-5-7-15)12-24-20(18)27(25-13)16-10-8-14(23)9-11-16/h8-12,15H,3-7H2,1-2H3. The molecular weight excluding hydrogens is 379 g/mol. The molecule has 1 amide bonds. The van der Waals surface area contributed by atoms with Crippen molar-refractivity contribution in [2.45, 2.75) is 45.1 Å². The van der Waals surface area contributed by atoms with Crippen molar-refractivity contribution in [3.63, 3.8) is 0 Å². The summed E-state index contributed by atoms with van der Waals surface area (Å²) in [6, 6.07) is 6.25. The van der Waals surface area contributed by atoms with E-state index in [9.17, 15) is 9.18 Å². The minimum atomic E-state index is -0.318. The molecule has 3 aromatic rings. The van der Waals surface area contributed by atoms with Gasteiger partial charge in [-0.15, -0.1) is 0 Å². The zero-order valence-electron chi connectivity index (χ0n) is 16.0. The first kappa shape index (κ1) is 18.9. The fourth-order valence-electron chi connectivity index (χ4n) is 3.94. The number of nitrogens with zero attached hydrogens (tertiary/aromatic N) is 4. The molecule has 0 radical (unpaired) electrons. The van der Waals surface area contributed by atoms with Gasteiger partial charge in [-0.1, -0.05) is 30.9 Å². The Morgan fingerprint density at radius 1 is 1.21 bits per heavy atom. The second kappa shape index (κ2) is 7.51. The van der Waals surface area contributed by atoms with Gasteiger partial charge in [0.25, 0.3) is 5.91 Å². The first-order valence-corrected chi connectivity index (χ1v) is 9.92. The van der Waals surface area contributed by atoms with Crippen LogP contribution in [0.4, 0.5) is 4.39 Å². The maximum absolute atomic E-state index is 13.2. The van der Waals surface area contributed by atoms with Crippen LogP contribution >= 0.6 is 11.6 Å². The van der Waals surface area contributed by atoms with E-state index in [1.807, 2.05) is 14.0 Å². The van der Waals surface area contributed by atoms with Crippen LogP contribution in [0.15, 0.2) is 30.5 Å². The van der Waals surface area contributed by atoms with Gasteiger partial charge in [0.1, 0.15) is 5.82 Å². The van der Waals surface area contributed by atoms with Crippen LogP contribution in [0.5, 0.6) is 0 Å². The van der Waals surface area contributed by atoms with Gasteiger partial charge in [0.15, 0.2) is 5.65 Å². The quantitative estimate of drug-likeness (QED) is 0.626. The molecule has 0 unspecified atom stereocenters. The Balaban J connectivity index is 1.74. The third kappa shape index (κ3) is 3.26. The monoisotopic (exact) mass is 400 g/mol. The van der Waals surface area contributed by atoms with Crippen LogP contribution in [0, 0.1) is 12.7 Å². The predicted molar refractivity (Wildman–Crippen MR) is 108 cm³/mol. The smallest absolute Gasteiger partial charge is 0.256 e. The molecule has 0 N–H and O–H groups in total. The number of pyridine rings is 1. The summed E-state index contributed by atoms with van der Waals surface area (Å²) in [5.41, 5.74) is 2.29. The Labute approximate surface area is 168 Å². The van der Waals surface area contributed by atoms with Crippen LogP contribution in [0.3, 0.4) is 0 Å². The van der Waals surface area contributed by atoms with Crippen molar-refractivity contribution in [2.24, 2.45) is 0 Å². The highest BCUT2D eigenvalue weighted by atomic mass is 35.5. The second-order valence-corrected chi connectivity index (χ2v) is 7.74. The summed E-state index contributed by atoms with van der Waals surface area (Å²) >= 11 is 6.65. The molecule has 7 heteroatoms. The molecule has 2 aromatic heterocycles. The van der Waals surface area contributed by atoms with E-state index in [1.165, 1.54) is 24.8 Å². The van der Waals surface area contributed by atoms with Crippen molar-refractivity contribution in [3.8, 4) is 5.69 Å². The summed E-state index contributed by atoms with van der Waals surface area (Å²) in [4.78, 5) is 19.4. The fourth-order valence-corrected chi connectivity index (χ4v) is 4.29. The van der Waals surface area contributed by atoms with Crippen LogP contribution in [0.1, 0.15) is 48.2 Å². The number of amides is 1. The van der Waals surface area contributed by atoms with Crippen LogP contribution in [-0.2, 0) is 0 Å². The number of benzene rings is 1. The lowest BCUT2D eigenvalue weighted by Gasteiger charge is -2.31. The molecular formula is C21H22ClFN4O. The molecule has 0 bridgehead atoms.